The number of thiol groups is 1. The second-order valence-electron chi connectivity index (χ2n) is 5.97. The Hall–Kier alpha value is -0.480. The van der Waals surface area contributed by atoms with Gasteiger partial charge in [0.1, 0.15) is 0 Å². The maximum absolute atomic E-state index is 12.2. The van der Waals surface area contributed by atoms with E-state index in [9.17, 15) is 4.79 Å². The molecule has 1 rings (SSSR count). The van der Waals surface area contributed by atoms with Crippen molar-refractivity contribution in [3.8, 4) is 0 Å². The summed E-state index contributed by atoms with van der Waals surface area (Å²) in [6.45, 7) is 7.30. The Morgan fingerprint density at radius 3 is 2.65 bits per heavy atom. The van der Waals surface area contributed by atoms with Crippen LogP contribution in [0.15, 0.2) is 27.6 Å². The van der Waals surface area contributed by atoms with Gasteiger partial charge in [0.05, 0.1) is 5.56 Å². The Bertz CT molecular complexity index is 460. The third kappa shape index (κ3) is 5.88. The average molecular weight is 358 g/mol. The molecule has 0 saturated heterocycles. The van der Waals surface area contributed by atoms with E-state index in [-0.39, 0.29) is 11.3 Å². The highest BCUT2D eigenvalue weighted by Crippen LogP contribution is 2.24. The second kappa shape index (κ2) is 8.08. The van der Waals surface area contributed by atoms with Gasteiger partial charge in [-0.15, -0.1) is 12.6 Å². The van der Waals surface area contributed by atoms with Crippen LogP contribution in [0.4, 0.5) is 0 Å². The van der Waals surface area contributed by atoms with Crippen LogP contribution >= 0.6 is 28.6 Å². The predicted molar refractivity (Wildman–Crippen MR) is 91.7 cm³/mol. The number of nitrogens with one attached hydrogen (secondary N) is 1. The lowest BCUT2D eigenvalue weighted by atomic mass is 9.87. The summed E-state index contributed by atoms with van der Waals surface area (Å²) in [5.41, 5.74) is 0.762. The number of unbranched alkanes of at least 4 members (excludes halogenated alkanes) is 2. The van der Waals surface area contributed by atoms with E-state index in [1.54, 1.807) is 6.07 Å². The monoisotopic (exact) mass is 357 g/mol. The highest BCUT2D eigenvalue weighted by Gasteiger charge is 2.19. The number of hydrogen-bond acceptors (Lipinski definition) is 2. The van der Waals surface area contributed by atoms with Crippen molar-refractivity contribution < 1.29 is 4.79 Å². The lowest BCUT2D eigenvalue weighted by Crippen LogP contribution is -2.34. The Kier molecular flexibility index (Phi) is 7.10. The molecule has 0 aromatic heterocycles. The van der Waals surface area contributed by atoms with Gasteiger partial charge in [-0.1, -0.05) is 56.0 Å². The summed E-state index contributed by atoms with van der Waals surface area (Å²) in [5.74, 6) is -0.0499. The summed E-state index contributed by atoms with van der Waals surface area (Å²) < 4.78 is 0.930. The molecule has 112 valence electrons. The molecule has 0 atom stereocenters. The molecule has 0 spiro atoms. The van der Waals surface area contributed by atoms with Gasteiger partial charge < -0.3 is 5.32 Å². The van der Waals surface area contributed by atoms with Gasteiger partial charge in [-0.2, -0.15) is 0 Å². The van der Waals surface area contributed by atoms with Gasteiger partial charge in [0.2, 0.25) is 0 Å². The summed E-state index contributed by atoms with van der Waals surface area (Å²) in [7, 11) is 0. The van der Waals surface area contributed by atoms with Crippen LogP contribution in [0.3, 0.4) is 0 Å². The maximum atomic E-state index is 12.2. The molecule has 0 heterocycles. The minimum absolute atomic E-state index is 0.0499. The topological polar surface area (TPSA) is 29.1 Å². The minimum Gasteiger partial charge on any atom is -0.351 e. The van der Waals surface area contributed by atoms with Crippen LogP contribution in [0.1, 0.15) is 56.8 Å². The first kappa shape index (κ1) is 17.6. The van der Waals surface area contributed by atoms with Crippen LogP contribution in [0.5, 0.6) is 0 Å². The quantitative estimate of drug-likeness (QED) is 0.517. The van der Waals surface area contributed by atoms with Crippen molar-refractivity contribution in [3.63, 3.8) is 0 Å². The van der Waals surface area contributed by atoms with Crippen LogP contribution in [0.2, 0.25) is 0 Å². The van der Waals surface area contributed by atoms with Crippen LogP contribution in [-0.4, -0.2) is 12.5 Å². The molecule has 20 heavy (non-hydrogen) atoms. The van der Waals surface area contributed by atoms with Gasteiger partial charge in [0.15, 0.2) is 0 Å². The Morgan fingerprint density at radius 2 is 2.05 bits per heavy atom. The normalized spacial score (nSPS) is 11.4. The molecule has 0 aliphatic carbocycles. The molecule has 0 unspecified atom stereocenters. The zero-order chi connectivity index (χ0) is 15.2. The first-order valence-electron chi connectivity index (χ1n) is 7.12. The van der Waals surface area contributed by atoms with Crippen molar-refractivity contribution in [2.45, 2.75) is 51.3 Å². The van der Waals surface area contributed by atoms with E-state index in [1.165, 1.54) is 19.3 Å². The van der Waals surface area contributed by atoms with Gasteiger partial charge in [-0.05, 0) is 30.0 Å². The van der Waals surface area contributed by atoms with Crippen molar-refractivity contribution in [2.75, 3.05) is 6.54 Å². The van der Waals surface area contributed by atoms with Crippen molar-refractivity contribution in [2.24, 2.45) is 5.41 Å². The predicted octanol–water partition coefficient (Wildman–Crippen LogP) is 5.07. The largest absolute Gasteiger partial charge is 0.351 e. The first-order chi connectivity index (χ1) is 9.35. The van der Waals surface area contributed by atoms with E-state index in [0.29, 0.717) is 17.0 Å². The molecule has 0 aliphatic heterocycles. The van der Waals surface area contributed by atoms with Gasteiger partial charge in [-0.25, -0.2) is 0 Å². The molecule has 1 aromatic rings. The van der Waals surface area contributed by atoms with E-state index in [2.05, 4.69) is 54.6 Å². The van der Waals surface area contributed by atoms with Crippen molar-refractivity contribution >= 4 is 34.5 Å². The van der Waals surface area contributed by atoms with E-state index in [0.717, 1.165) is 10.9 Å². The molecule has 4 heteroatoms. The number of carbonyl (C=O) groups is 1. The Balaban J connectivity index is 2.54. The summed E-state index contributed by atoms with van der Waals surface area (Å²) in [5, 5.41) is 3.02. The van der Waals surface area contributed by atoms with Gasteiger partial charge in [-0.3, -0.25) is 4.79 Å². The van der Waals surface area contributed by atoms with E-state index < -0.39 is 0 Å². The maximum Gasteiger partial charge on any atom is 0.252 e. The van der Waals surface area contributed by atoms with Gasteiger partial charge >= 0.3 is 0 Å². The zero-order valence-electron chi connectivity index (χ0n) is 12.5. The highest BCUT2D eigenvalue weighted by molar-refractivity contribution is 9.10. The third-order valence-electron chi connectivity index (χ3n) is 3.39. The smallest absolute Gasteiger partial charge is 0.252 e. The van der Waals surface area contributed by atoms with Crippen LogP contribution < -0.4 is 5.32 Å². The summed E-state index contributed by atoms with van der Waals surface area (Å²) in [4.78, 5) is 12.9. The Labute approximate surface area is 136 Å². The van der Waals surface area contributed by atoms with E-state index in [1.807, 2.05) is 12.1 Å². The molecule has 0 bridgehead atoms. The second-order valence-corrected chi connectivity index (χ2v) is 7.36. The summed E-state index contributed by atoms with van der Waals surface area (Å²) in [6.07, 6.45) is 4.83. The van der Waals surface area contributed by atoms with Gasteiger partial charge in [0.25, 0.3) is 5.91 Å². The van der Waals surface area contributed by atoms with Gasteiger partial charge in [0, 0.05) is 15.9 Å². The van der Waals surface area contributed by atoms with E-state index in [4.69, 9.17) is 0 Å². The average Bonchev–Trinajstić information content (AvgIpc) is 2.36. The molecule has 0 fully saturated rings. The summed E-state index contributed by atoms with van der Waals surface area (Å²) >= 11 is 7.72. The van der Waals surface area contributed by atoms with Crippen molar-refractivity contribution in [1.29, 1.82) is 0 Å². The molecular weight excluding hydrogens is 334 g/mol. The lowest BCUT2D eigenvalue weighted by Gasteiger charge is -2.25. The van der Waals surface area contributed by atoms with Crippen LogP contribution in [-0.2, 0) is 0 Å². The SMILES string of the molecule is CCCCCC(C)(C)CNC(=O)c1ccc(Br)cc1S. The molecule has 1 aromatic carbocycles. The molecule has 0 radical (unpaired) electrons. The fraction of sp³-hybridized carbons (Fsp3) is 0.562. The highest BCUT2D eigenvalue weighted by atomic mass is 79.9. The Morgan fingerprint density at radius 1 is 1.35 bits per heavy atom. The number of amides is 1. The molecule has 2 nitrogen and oxygen atoms in total. The minimum atomic E-state index is -0.0499. The number of rotatable bonds is 7. The fourth-order valence-electron chi connectivity index (χ4n) is 2.05. The number of benzene rings is 1. The first-order valence-corrected chi connectivity index (χ1v) is 8.36. The molecule has 1 amide bonds. The lowest BCUT2D eigenvalue weighted by molar-refractivity contribution is 0.0931. The third-order valence-corrected chi connectivity index (χ3v) is 4.25. The molecular formula is C16H24BrNOS. The van der Waals surface area contributed by atoms with Crippen molar-refractivity contribution in [3.05, 3.63) is 28.2 Å². The van der Waals surface area contributed by atoms with Crippen LogP contribution in [0, 0.1) is 5.41 Å². The number of hydrogen-bond donors (Lipinski definition) is 2. The van der Waals surface area contributed by atoms with Crippen molar-refractivity contribution in [1.82, 2.24) is 5.32 Å². The number of carbonyl (C=O) groups excluding carboxylic acids is 1. The number of halogens is 1. The van der Waals surface area contributed by atoms with E-state index >= 15 is 0 Å². The summed E-state index contributed by atoms with van der Waals surface area (Å²) in [6, 6.07) is 5.50. The molecule has 0 aliphatic rings. The molecule has 0 saturated carbocycles. The fourth-order valence-corrected chi connectivity index (χ4v) is 2.91. The zero-order valence-corrected chi connectivity index (χ0v) is 15.0. The van der Waals surface area contributed by atoms with Crippen LogP contribution in [0.25, 0.3) is 0 Å². The standard InChI is InChI=1S/C16H24BrNOS/c1-4-5-6-9-16(2,3)11-18-15(19)13-8-7-12(17)10-14(13)20/h7-8,10,20H,4-6,9,11H2,1-3H3,(H,18,19). The molecule has 1 N–H and O–H groups in total.